The molecule has 0 aromatic heterocycles. The van der Waals surface area contributed by atoms with Crippen molar-refractivity contribution in [1.29, 1.82) is 5.26 Å². The van der Waals surface area contributed by atoms with Crippen LogP contribution in [0.4, 0.5) is 0 Å². The van der Waals surface area contributed by atoms with Crippen LogP contribution in [0.25, 0.3) is 0 Å². The van der Waals surface area contributed by atoms with E-state index >= 15 is 0 Å². The third-order valence-corrected chi connectivity index (χ3v) is 3.93. The van der Waals surface area contributed by atoms with Gasteiger partial charge in [-0.2, -0.15) is 5.26 Å². The molecule has 0 aliphatic carbocycles. The molecule has 0 bridgehead atoms. The lowest BCUT2D eigenvalue weighted by Crippen LogP contribution is -2.11. The van der Waals surface area contributed by atoms with Crippen LogP contribution in [0.5, 0.6) is 0 Å². The zero-order valence-electron chi connectivity index (χ0n) is 12.0. The summed E-state index contributed by atoms with van der Waals surface area (Å²) in [6.07, 6.45) is 0. The fourth-order valence-electron chi connectivity index (χ4n) is 2.17. The highest BCUT2D eigenvalue weighted by Gasteiger charge is 2.21. The van der Waals surface area contributed by atoms with Crippen LogP contribution in [0.1, 0.15) is 47.2 Å². The quantitative estimate of drug-likeness (QED) is 0.729. The molecule has 2 nitrogen and oxygen atoms in total. The van der Waals surface area contributed by atoms with Crippen molar-refractivity contribution in [1.82, 2.24) is 0 Å². The zero-order valence-corrected chi connectivity index (χ0v) is 13.6. The summed E-state index contributed by atoms with van der Waals surface area (Å²) in [5.74, 6) is -0.510. The number of nitriles is 1. The highest BCUT2D eigenvalue weighted by Crippen LogP contribution is 2.24. The molecule has 2 aromatic carbocycles. The number of hydrogen-bond acceptors (Lipinski definition) is 2. The smallest absolute Gasteiger partial charge is 0.184 e. The lowest BCUT2D eigenvalue weighted by molar-refractivity contribution is 0.0979. The normalized spacial score (nSPS) is 12.0. The van der Waals surface area contributed by atoms with Crippen LogP contribution in [-0.2, 0) is 0 Å². The van der Waals surface area contributed by atoms with Gasteiger partial charge in [-0.15, -0.1) is 0 Å². The Labute approximate surface area is 133 Å². The number of rotatable bonds is 4. The molecule has 0 spiro atoms. The van der Waals surface area contributed by atoms with Crippen LogP contribution in [0.2, 0.25) is 0 Å². The molecule has 0 fully saturated rings. The van der Waals surface area contributed by atoms with E-state index in [1.165, 1.54) is 5.56 Å². The van der Waals surface area contributed by atoms with Gasteiger partial charge in [0.15, 0.2) is 5.78 Å². The van der Waals surface area contributed by atoms with Crippen LogP contribution in [0, 0.1) is 11.3 Å². The first-order valence-electron chi connectivity index (χ1n) is 6.82. The van der Waals surface area contributed by atoms with Crippen LogP contribution in [-0.4, -0.2) is 5.78 Å². The number of carbonyl (C=O) groups excluding carboxylic acids is 1. The van der Waals surface area contributed by atoms with Gasteiger partial charge in [-0.25, -0.2) is 0 Å². The van der Waals surface area contributed by atoms with E-state index in [1.807, 2.05) is 30.3 Å². The second-order valence-corrected chi connectivity index (χ2v) is 6.17. The van der Waals surface area contributed by atoms with E-state index in [2.05, 4.69) is 35.8 Å². The summed E-state index contributed by atoms with van der Waals surface area (Å²) in [6.45, 7) is 4.22. The molecule has 2 rings (SSSR count). The molecule has 0 aliphatic heterocycles. The van der Waals surface area contributed by atoms with E-state index in [9.17, 15) is 10.1 Å². The number of Topliss-reactive ketones (excluding diaryl/α,β-unsaturated/α-hetero) is 1. The van der Waals surface area contributed by atoms with Crippen molar-refractivity contribution < 1.29 is 4.79 Å². The summed E-state index contributed by atoms with van der Waals surface area (Å²) in [6, 6.07) is 17.0. The van der Waals surface area contributed by atoms with E-state index in [0.717, 1.165) is 4.47 Å². The van der Waals surface area contributed by atoms with Gasteiger partial charge >= 0.3 is 0 Å². The molecule has 0 amide bonds. The summed E-state index contributed by atoms with van der Waals surface area (Å²) in [7, 11) is 0. The van der Waals surface area contributed by atoms with Crippen molar-refractivity contribution in [2.45, 2.75) is 25.7 Å². The predicted octanol–water partition coefficient (Wildman–Crippen LogP) is 5.06. The van der Waals surface area contributed by atoms with Crippen molar-refractivity contribution in [3.63, 3.8) is 0 Å². The molecule has 0 N–H and O–H groups in total. The predicted molar refractivity (Wildman–Crippen MR) is 87.4 cm³/mol. The second kappa shape index (κ2) is 6.69. The first kappa shape index (κ1) is 15.5. The largest absolute Gasteiger partial charge is 0.292 e. The monoisotopic (exact) mass is 341 g/mol. The molecular formula is C18H16BrNO. The highest BCUT2D eigenvalue weighted by atomic mass is 79.9. The van der Waals surface area contributed by atoms with Crippen molar-refractivity contribution in [2.75, 3.05) is 0 Å². The van der Waals surface area contributed by atoms with Gasteiger partial charge < -0.3 is 0 Å². The Morgan fingerprint density at radius 2 is 1.76 bits per heavy atom. The molecule has 0 radical (unpaired) electrons. The third-order valence-electron chi connectivity index (χ3n) is 3.44. The average Bonchev–Trinajstić information content (AvgIpc) is 2.48. The van der Waals surface area contributed by atoms with Crippen LogP contribution in [0.3, 0.4) is 0 Å². The Balaban J connectivity index is 2.31. The Morgan fingerprint density at radius 1 is 1.10 bits per heavy atom. The molecule has 21 heavy (non-hydrogen) atoms. The van der Waals surface area contributed by atoms with Gasteiger partial charge in [-0.3, -0.25) is 4.79 Å². The van der Waals surface area contributed by atoms with Crippen LogP contribution >= 0.6 is 15.9 Å². The summed E-state index contributed by atoms with van der Waals surface area (Å²) >= 11 is 3.37. The van der Waals surface area contributed by atoms with Crippen molar-refractivity contribution in [3.05, 3.63) is 69.7 Å². The fraction of sp³-hybridized carbons (Fsp3) is 0.222. The zero-order chi connectivity index (χ0) is 15.4. The van der Waals surface area contributed by atoms with E-state index in [1.54, 1.807) is 18.2 Å². The Kier molecular flexibility index (Phi) is 4.93. The number of nitrogens with zero attached hydrogens (tertiary/aromatic N) is 1. The average molecular weight is 342 g/mol. The minimum Gasteiger partial charge on any atom is -0.292 e. The number of hydrogen-bond donors (Lipinski definition) is 0. The Morgan fingerprint density at radius 3 is 2.29 bits per heavy atom. The lowest BCUT2D eigenvalue weighted by atomic mass is 9.91. The van der Waals surface area contributed by atoms with Gasteiger partial charge in [-0.1, -0.05) is 66.2 Å². The first-order valence-corrected chi connectivity index (χ1v) is 7.61. The molecule has 0 aliphatic rings. The molecule has 0 heterocycles. The first-order chi connectivity index (χ1) is 10.0. The van der Waals surface area contributed by atoms with E-state index < -0.39 is 5.92 Å². The SMILES string of the molecule is CC(C)c1ccc(C(=O)C(C#N)c2cccc(Br)c2)cc1. The van der Waals surface area contributed by atoms with E-state index in [0.29, 0.717) is 17.0 Å². The third kappa shape index (κ3) is 3.59. The standard InChI is InChI=1S/C18H16BrNO/c1-12(2)13-6-8-14(9-7-13)18(21)17(11-20)15-4-3-5-16(19)10-15/h3-10,12,17H,1-2H3. The summed E-state index contributed by atoms with van der Waals surface area (Å²) in [4.78, 5) is 12.5. The number of carbonyl (C=O) groups is 1. The highest BCUT2D eigenvalue weighted by molar-refractivity contribution is 9.10. The van der Waals surface area contributed by atoms with Crippen molar-refractivity contribution in [3.8, 4) is 6.07 Å². The maximum Gasteiger partial charge on any atom is 0.184 e. The maximum atomic E-state index is 12.5. The van der Waals surface area contributed by atoms with Gasteiger partial charge in [0.05, 0.1) is 6.07 Å². The van der Waals surface area contributed by atoms with Gasteiger partial charge in [0, 0.05) is 10.0 Å². The molecule has 0 saturated carbocycles. The molecule has 0 saturated heterocycles. The molecule has 1 atom stereocenters. The summed E-state index contributed by atoms with van der Waals surface area (Å²) in [5, 5.41) is 9.36. The van der Waals surface area contributed by atoms with Crippen molar-refractivity contribution in [2.24, 2.45) is 0 Å². The maximum absolute atomic E-state index is 12.5. The minimum atomic E-state index is -0.771. The lowest BCUT2D eigenvalue weighted by Gasteiger charge is -2.10. The molecule has 2 aromatic rings. The van der Waals surface area contributed by atoms with Gasteiger partial charge in [0.25, 0.3) is 0 Å². The summed E-state index contributed by atoms with van der Waals surface area (Å²) < 4.78 is 0.864. The topological polar surface area (TPSA) is 40.9 Å². The summed E-state index contributed by atoms with van der Waals surface area (Å²) in [5.41, 5.74) is 2.47. The van der Waals surface area contributed by atoms with Gasteiger partial charge in [0.2, 0.25) is 0 Å². The number of halogens is 1. The van der Waals surface area contributed by atoms with Gasteiger partial charge in [-0.05, 0) is 29.2 Å². The van der Waals surface area contributed by atoms with Crippen LogP contribution < -0.4 is 0 Å². The molecular weight excluding hydrogens is 326 g/mol. The minimum absolute atomic E-state index is 0.161. The van der Waals surface area contributed by atoms with E-state index in [4.69, 9.17) is 0 Å². The fourth-order valence-corrected chi connectivity index (χ4v) is 2.59. The van der Waals surface area contributed by atoms with Crippen molar-refractivity contribution >= 4 is 21.7 Å². The van der Waals surface area contributed by atoms with E-state index in [-0.39, 0.29) is 5.78 Å². The number of benzene rings is 2. The number of ketones is 1. The molecule has 1 unspecified atom stereocenters. The second-order valence-electron chi connectivity index (χ2n) is 5.26. The Hall–Kier alpha value is -1.92. The van der Waals surface area contributed by atoms with Gasteiger partial charge in [0.1, 0.15) is 5.92 Å². The van der Waals surface area contributed by atoms with Crippen LogP contribution in [0.15, 0.2) is 53.0 Å². The molecule has 106 valence electrons. The molecule has 3 heteroatoms. The Bertz CT molecular complexity index is 683.